The highest BCUT2D eigenvalue weighted by molar-refractivity contribution is 5.83. The number of nitrogens with zero attached hydrogens (tertiary/aromatic N) is 1. The van der Waals surface area contributed by atoms with E-state index >= 15 is 0 Å². The zero-order valence-corrected chi connectivity index (χ0v) is 11.5. The van der Waals surface area contributed by atoms with Gasteiger partial charge in [-0.05, 0) is 27.7 Å². The fourth-order valence-electron chi connectivity index (χ4n) is 2.74. The molecule has 0 radical (unpaired) electrons. The lowest BCUT2D eigenvalue weighted by atomic mass is 10.1. The predicted octanol–water partition coefficient (Wildman–Crippen LogP) is 0.844. The normalized spacial score (nSPS) is 45.4. The van der Waals surface area contributed by atoms with Gasteiger partial charge in [-0.3, -0.25) is 0 Å². The number of hydrogen-bond donors (Lipinski definition) is 1. The highest BCUT2D eigenvalue weighted by atomic mass is 16.8. The number of fused-ring (bicyclic) bond motifs is 1. The first-order valence-electron chi connectivity index (χ1n) is 6.37. The van der Waals surface area contributed by atoms with E-state index in [-0.39, 0.29) is 18.1 Å². The molecule has 3 aliphatic heterocycles. The smallest absolute Gasteiger partial charge is 0.258 e. The summed E-state index contributed by atoms with van der Waals surface area (Å²) in [5.74, 6) is -1.24. The summed E-state index contributed by atoms with van der Waals surface area (Å²) >= 11 is 0. The zero-order valence-electron chi connectivity index (χ0n) is 11.5. The monoisotopic (exact) mass is 273 g/mol. The lowest BCUT2D eigenvalue weighted by molar-refractivity contribution is -0.179. The Morgan fingerprint density at radius 1 is 1.05 bits per heavy atom. The number of rotatable bonds is 1. The van der Waals surface area contributed by atoms with Gasteiger partial charge in [-0.2, -0.15) is 0 Å². The van der Waals surface area contributed by atoms with E-state index in [1.54, 1.807) is 0 Å². The summed E-state index contributed by atoms with van der Waals surface area (Å²) < 4.78 is 28.4. The van der Waals surface area contributed by atoms with E-state index < -0.39 is 23.8 Å². The Hall–Kier alpha value is -0.890. The van der Waals surface area contributed by atoms with Gasteiger partial charge in [0.25, 0.3) is 5.90 Å². The van der Waals surface area contributed by atoms with E-state index in [4.69, 9.17) is 28.9 Å². The standard InChI is InChI=1S/C12H19NO6/c1-11(2)15-5-6(17-11)7-8-9(10(13-14)16-7)19-12(3,4)18-8/h6-9,14H,5H2,1-4H3/b13-10+/t6-,7+,8-,9-/m0/s1. The molecule has 0 saturated carbocycles. The SMILES string of the molecule is CC1(C)OC[C@@H]([C@H]2O/C(=N/O)[C@H]3OC(C)(C)O[C@@H]23)O1. The van der Waals surface area contributed by atoms with Crippen LogP contribution in [-0.2, 0) is 23.7 Å². The summed E-state index contributed by atoms with van der Waals surface area (Å²) in [6.45, 7) is 7.72. The largest absolute Gasteiger partial charge is 0.468 e. The van der Waals surface area contributed by atoms with Gasteiger partial charge < -0.3 is 28.9 Å². The quantitative estimate of drug-likeness (QED) is 0.563. The molecule has 3 saturated heterocycles. The van der Waals surface area contributed by atoms with Crippen LogP contribution in [0.3, 0.4) is 0 Å². The van der Waals surface area contributed by atoms with Crippen LogP contribution in [0.15, 0.2) is 5.16 Å². The van der Waals surface area contributed by atoms with Gasteiger partial charge in [-0.1, -0.05) is 5.16 Å². The second-order valence-corrected chi connectivity index (χ2v) is 5.91. The lowest BCUT2D eigenvalue weighted by Crippen LogP contribution is -2.40. The van der Waals surface area contributed by atoms with Crippen molar-refractivity contribution in [3.8, 4) is 0 Å². The molecule has 0 unspecified atom stereocenters. The van der Waals surface area contributed by atoms with Gasteiger partial charge in [0.05, 0.1) is 6.61 Å². The average molecular weight is 273 g/mol. The number of oxime groups is 1. The first-order chi connectivity index (χ1) is 8.81. The van der Waals surface area contributed by atoms with E-state index in [0.717, 1.165) is 0 Å². The van der Waals surface area contributed by atoms with Gasteiger partial charge in [0.2, 0.25) is 0 Å². The van der Waals surface area contributed by atoms with Crippen LogP contribution < -0.4 is 0 Å². The van der Waals surface area contributed by atoms with Crippen LogP contribution >= 0.6 is 0 Å². The lowest BCUT2D eigenvalue weighted by Gasteiger charge is -2.25. The molecule has 19 heavy (non-hydrogen) atoms. The molecule has 4 atom stereocenters. The van der Waals surface area contributed by atoms with Crippen molar-refractivity contribution in [3.05, 3.63) is 0 Å². The third kappa shape index (κ3) is 2.20. The zero-order chi connectivity index (χ0) is 13.8. The maximum absolute atomic E-state index is 9.00. The minimum absolute atomic E-state index is 0.133. The fraction of sp³-hybridized carbons (Fsp3) is 0.917. The van der Waals surface area contributed by atoms with Gasteiger partial charge >= 0.3 is 0 Å². The molecular formula is C12H19NO6. The van der Waals surface area contributed by atoms with E-state index in [0.29, 0.717) is 6.61 Å². The van der Waals surface area contributed by atoms with Crippen LogP contribution in [0.4, 0.5) is 0 Å². The van der Waals surface area contributed by atoms with Crippen molar-refractivity contribution in [1.29, 1.82) is 0 Å². The van der Waals surface area contributed by atoms with Crippen LogP contribution in [0.5, 0.6) is 0 Å². The summed E-state index contributed by atoms with van der Waals surface area (Å²) in [5.41, 5.74) is 0. The topological polar surface area (TPSA) is 78.7 Å². The van der Waals surface area contributed by atoms with Crippen molar-refractivity contribution < 1.29 is 28.9 Å². The molecule has 0 amide bonds. The molecule has 0 aromatic carbocycles. The molecule has 3 heterocycles. The summed E-state index contributed by atoms with van der Waals surface area (Å²) in [5, 5.41) is 12.1. The first kappa shape index (κ1) is 13.1. The highest BCUT2D eigenvalue weighted by Gasteiger charge is 2.58. The van der Waals surface area contributed by atoms with Crippen molar-refractivity contribution in [1.82, 2.24) is 0 Å². The van der Waals surface area contributed by atoms with Crippen LogP contribution in [0.25, 0.3) is 0 Å². The fourth-order valence-corrected chi connectivity index (χ4v) is 2.74. The molecule has 7 heteroatoms. The van der Waals surface area contributed by atoms with Crippen molar-refractivity contribution >= 4 is 5.90 Å². The van der Waals surface area contributed by atoms with E-state index in [1.165, 1.54) is 0 Å². The van der Waals surface area contributed by atoms with Gasteiger partial charge in [0, 0.05) is 0 Å². The molecule has 3 aliphatic rings. The molecule has 1 N–H and O–H groups in total. The molecule has 0 aromatic heterocycles. The summed E-state index contributed by atoms with van der Waals surface area (Å²) in [4.78, 5) is 0. The summed E-state index contributed by atoms with van der Waals surface area (Å²) in [6.07, 6.45) is -1.54. The highest BCUT2D eigenvalue weighted by Crippen LogP contribution is 2.40. The van der Waals surface area contributed by atoms with Crippen LogP contribution in [0.1, 0.15) is 27.7 Å². The molecule has 0 aliphatic carbocycles. The molecule has 3 fully saturated rings. The average Bonchev–Trinajstić information content (AvgIpc) is 2.89. The predicted molar refractivity (Wildman–Crippen MR) is 62.8 cm³/mol. The van der Waals surface area contributed by atoms with Gasteiger partial charge in [-0.15, -0.1) is 0 Å². The molecule has 108 valence electrons. The van der Waals surface area contributed by atoms with Gasteiger partial charge in [-0.25, -0.2) is 0 Å². The first-order valence-corrected chi connectivity index (χ1v) is 6.37. The number of ether oxygens (including phenoxy) is 5. The van der Waals surface area contributed by atoms with Crippen molar-refractivity contribution in [2.24, 2.45) is 5.16 Å². The molecule has 0 bridgehead atoms. The summed E-state index contributed by atoms with van der Waals surface area (Å²) in [6, 6.07) is 0. The van der Waals surface area contributed by atoms with Crippen LogP contribution in [0.2, 0.25) is 0 Å². The molecule has 3 rings (SSSR count). The maximum atomic E-state index is 9.00. The Morgan fingerprint density at radius 3 is 2.37 bits per heavy atom. The number of hydrogen-bond acceptors (Lipinski definition) is 7. The van der Waals surface area contributed by atoms with Gasteiger partial charge in [0.15, 0.2) is 23.8 Å². The molecule has 0 spiro atoms. The van der Waals surface area contributed by atoms with Crippen LogP contribution in [-0.4, -0.2) is 53.7 Å². The second-order valence-electron chi connectivity index (χ2n) is 5.91. The second kappa shape index (κ2) is 4.05. The summed E-state index contributed by atoms with van der Waals surface area (Å²) in [7, 11) is 0. The van der Waals surface area contributed by atoms with Crippen molar-refractivity contribution in [2.45, 2.75) is 63.7 Å². The van der Waals surface area contributed by atoms with E-state index in [1.807, 2.05) is 27.7 Å². The molecular weight excluding hydrogens is 254 g/mol. The van der Waals surface area contributed by atoms with Gasteiger partial charge in [0.1, 0.15) is 12.2 Å². The maximum Gasteiger partial charge on any atom is 0.258 e. The molecule has 0 aromatic rings. The Bertz CT molecular complexity index is 407. The Morgan fingerprint density at radius 2 is 1.79 bits per heavy atom. The Labute approximate surface area is 111 Å². The minimum Gasteiger partial charge on any atom is -0.468 e. The molecule has 7 nitrogen and oxygen atoms in total. The third-order valence-electron chi connectivity index (χ3n) is 3.45. The van der Waals surface area contributed by atoms with Crippen molar-refractivity contribution in [3.63, 3.8) is 0 Å². The minimum atomic E-state index is -0.734. The van der Waals surface area contributed by atoms with E-state index in [9.17, 15) is 0 Å². The Kier molecular flexibility index (Phi) is 2.79. The van der Waals surface area contributed by atoms with Crippen LogP contribution in [0, 0.1) is 0 Å². The van der Waals surface area contributed by atoms with E-state index in [2.05, 4.69) is 5.16 Å². The third-order valence-corrected chi connectivity index (χ3v) is 3.45. The Balaban J connectivity index is 1.80. The van der Waals surface area contributed by atoms with Crippen molar-refractivity contribution in [2.75, 3.05) is 6.61 Å².